The quantitative estimate of drug-likeness (QED) is 0.892. The molecule has 0 radical (unpaired) electrons. The number of rotatable bonds is 3. The van der Waals surface area contributed by atoms with Crippen LogP contribution in [0.15, 0.2) is 6.20 Å². The minimum atomic E-state index is 0.225. The molecule has 1 aromatic rings. The highest BCUT2D eigenvalue weighted by atomic mass is 15.3. The van der Waals surface area contributed by atoms with Gasteiger partial charge in [0, 0.05) is 38.4 Å². The summed E-state index contributed by atoms with van der Waals surface area (Å²) in [7, 11) is 2.01. The molecule has 1 aliphatic rings. The monoisotopic (exact) mass is 250 g/mol. The first-order valence-electron chi connectivity index (χ1n) is 6.98. The number of aryl methyl sites for hydroxylation is 1. The number of hydrogen-bond acceptors (Lipinski definition) is 3. The molecule has 1 unspecified atom stereocenters. The van der Waals surface area contributed by atoms with Crippen molar-refractivity contribution >= 4 is 5.69 Å². The lowest BCUT2D eigenvalue weighted by atomic mass is 9.95. The second-order valence-electron chi connectivity index (χ2n) is 5.99. The van der Waals surface area contributed by atoms with E-state index in [2.05, 4.69) is 49.2 Å². The zero-order valence-electron chi connectivity index (χ0n) is 12.3. The lowest BCUT2D eigenvalue weighted by Crippen LogP contribution is -2.58. The van der Waals surface area contributed by atoms with Gasteiger partial charge in [-0.05, 0) is 19.3 Å². The van der Waals surface area contributed by atoms with Crippen LogP contribution in [0.3, 0.4) is 0 Å². The van der Waals surface area contributed by atoms with Crippen LogP contribution in [0.5, 0.6) is 0 Å². The van der Waals surface area contributed by atoms with E-state index in [9.17, 15) is 0 Å². The molecule has 2 heterocycles. The van der Waals surface area contributed by atoms with E-state index in [0.29, 0.717) is 5.92 Å². The van der Waals surface area contributed by atoms with Crippen molar-refractivity contribution in [1.82, 2.24) is 15.1 Å². The Morgan fingerprint density at radius 3 is 2.83 bits per heavy atom. The second-order valence-corrected chi connectivity index (χ2v) is 5.99. The second kappa shape index (κ2) is 4.92. The molecule has 1 atom stereocenters. The number of nitrogens with zero attached hydrogens (tertiary/aromatic N) is 3. The fourth-order valence-electron chi connectivity index (χ4n) is 2.64. The predicted octanol–water partition coefficient (Wildman–Crippen LogP) is 2.12. The van der Waals surface area contributed by atoms with Crippen molar-refractivity contribution in [3.8, 4) is 0 Å². The van der Waals surface area contributed by atoms with Gasteiger partial charge in [0.15, 0.2) is 0 Å². The zero-order valence-corrected chi connectivity index (χ0v) is 12.3. The van der Waals surface area contributed by atoms with Crippen molar-refractivity contribution < 1.29 is 0 Å². The van der Waals surface area contributed by atoms with Gasteiger partial charge in [0.1, 0.15) is 0 Å². The summed E-state index contributed by atoms with van der Waals surface area (Å²) in [6.07, 6.45) is 3.32. The summed E-state index contributed by atoms with van der Waals surface area (Å²) in [5.74, 6) is 0.476. The lowest BCUT2D eigenvalue weighted by Gasteiger charge is -2.42. The molecule has 2 rings (SSSR count). The molecule has 1 aromatic heterocycles. The molecule has 0 amide bonds. The molecule has 4 nitrogen and oxygen atoms in total. The SMILES string of the molecule is CCC1(C)CN(c2cn(C)nc2C(C)C)CCN1. The molecule has 1 aliphatic heterocycles. The maximum absolute atomic E-state index is 4.61. The number of piperazine rings is 1. The van der Waals surface area contributed by atoms with Gasteiger partial charge in [0.05, 0.1) is 11.4 Å². The van der Waals surface area contributed by atoms with E-state index in [4.69, 9.17) is 0 Å². The molecule has 102 valence electrons. The molecule has 0 bridgehead atoms. The molecule has 4 heteroatoms. The Bertz CT molecular complexity index is 410. The average molecular weight is 250 g/mol. The van der Waals surface area contributed by atoms with Crippen LogP contribution >= 0.6 is 0 Å². The van der Waals surface area contributed by atoms with Crippen molar-refractivity contribution in [3.05, 3.63) is 11.9 Å². The summed E-state index contributed by atoms with van der Waals surface area (Å²) in [5.41, 5.74) is 2.76. The Labute approximate surface area is 110 Å². The molecule has 1 fully saturated rings. The van der Waals surface area contributed by atoms with Crippen LogP contribution in [0.4, 0.5) is 5.69 Å². The van der Waals surface area contributed by atoms with Crippen LogP contribution in [0.1, 0.15) is 45.7 Å². The molecule has 0 saturated carbocycles. The predicted molar refractivity (Wildman–Crippen MR) is 76.2 cm³/mol. The van der Waals surface area contributed by atoms with Gasteiger partial charge in [-0.15, -0.1) is 0 Å². The van der Waals surface area contributed by atoms with Gasteiger partial charge in [-0.1, -0.05) is 20.8 Å². The van der Waals surface area contributed by atoms with Crippen molar-refractivity contribution in [1.29, 1.82) is 0 Å². The van der Waals surface area contributed by atoms with E-state index in [1.165, 1.54) is 11.4 Å². The topological polar surface area (TPSA) is 33.1 Å². The van der Waals surface area contributed by atoms with Gasteiger partial charge < -0.3 is 10.2 Å². The zero-order chi connectivity index (χ0) is 13.3. The van der Waals surface area contributed by atoms with Gasteiger partial charge in [0.25, 0.3) is 0 Å². The normalized spacial score (nSPS) is 24.9. The van der Waals surface area contributed by atoms with Crippen LogP contribution in [0, 0.1) is 0 Å². The van der Waals surface area contributed by atoms with E-state index in [1.54, 1.807) is 0 Å². The number of hydrogen-bond donors (Lipinski definition) is 1. The molecule has 0 aromatic carbocycles. The largest absolute Gasteiger partial charge is 0.366 e. The van der Waals surface area contributed by atoms with E-state index in [-0.39, 0.29) is 5.54 Å². The third-order valence-electron chi connectivity index (χ3n) is 3.98. The first kappa shape index (κ1) is 13.4. The smallest absolute Gasteiger partial charge is 0.0883 e. The molecular weight excluding hydrogens is 224 g/mol. The number of aromatic nitrogens is 2. The van der Waals surface area contributed by atoms with Crippen LogP contribution in [-0.2, 0) is 7.05 Å². The highest BCUT2D eigenvalue weighted by Crippen LogP contribution is 2.28. The summed E-state index contributed by atoms with van der Waals surface area (Å²) in [5, 5.41) is 8.25. The van der Waals surface area contributed by atoms with Gasteiger partial charge in [-0.25, -0.2) is 0 Å². The van der Waals surface area contributed by atoms with Gasteiger partial charge in [0.2, 0.25) is 0 Å². The van der Waals surface area contributed by atoms with Crippen molar-refractivity contribution in [2.75, 3.05) is 24.5 Å². The maximum atomic E-state index is 4.61. The molecule has 0 aliphatic carbocycles. The molecular formula is C14H26N4. The Kier molecular flexibility index (Phi) is 3.66. The van der Waals surface area contributed by atoms with E-state index in [0.717, 1.165) is 26.1 Å². The highest BCUT2D eigenvalue weighted by Gasteiger charge is 2.30. The first-order chi connectivity index (χ1) is 8.45. The fourth-order valence-corrected chi connectivity index (χ4v) is 2.64. The van der Waals surface area contributed by atoms with Crippen LogP contribution in [0.25, 0.3) is 0 Å². The van der Waals surface area contributed by atoms with E-state index in [1.807, 2.05) is 11.7 Å². The molecule has 0 spiro atoms. The number of anilines is 1. The minimum Gasteiger partial charge on any atom is -0.366 e. The Morgan fingerprint density at radius 1 is 1.50 bits per heavy atom. The average Bonchev–Trinajstić information content (AvgIpc) is 2.72. The molecule has 18 heavy (non-hydrogen) atoms. The van der Waals surface area contributed by atoms with Crippen LogP contribution in [-0.4, -0.2) is 35.0 Å². The Morgan fingerprint density at radius 2 is 2.22 bits per heavy atom. The maximum Gasteiger partial charge on any atom is 0.0883 e. The minimum absolute atomic E-state index is 0.225. The fraction of sp³-hybridized carbons (Fsp3) is 0.786. The molecule has 1 saturated heterocycles. The van der Waals surface area contributed by atoms with Crippen molar-refractivity contribution in [3.63, 3.8) is 0 Å². The summed E-state index contributed by atoms with van der Waals surface area (Å²) in [4.78, 5) is 2.49. The Balaban J connectivity index is 2.26. The third kappa shape index (κ3) is 2.53. The number of nitrogens with one attached hydrogen (secondary N) is 1. The highest BCUT2D eigenvalue weighted by molar-refractivity contribution is 5.51. The van der Waals surface area contributed by atoms with Gasteiger partial charge in [-0.3, -0.25) is 4.68 Å². The van der Waals surface area contributed by atoms with Gasteiger partial charge >= 0.3 is 0 Å². The van der Waals surface area contributed by atoms with Crippen molar-refractivity contribution in [2.45, 2.75) is 45.6 Å². The summed E-state index contributed by atoms with van der Waals surface area (Å²) in [6.45, 7) is 12.2. The van der Waals surface area contributed by atoms with E-state index < -0.39 is 0 Å². The van der Waals surface area contributed by atoms with Crippen LogP contribution in [0.2, 0.25) is 0 Å². The molecule has 1 N–H and O–H groups in total. The van der Waals surface area contributed by atoms with Crippen molar-refractivity contribution in [2.24, 2.45) is 7.05 Å². The van der Waals surface area contributed by atoms with Crippen LogP contribution < -0.4 is 10.2 Å². The summed E-state index contributed by atoms with van der Waals surface area (Å²) in [6, 6.07) is 0. The lowest BCUT2D eigenvalue weighted by molar-refractivity contribution is 0.314. The standard InChI is InChI=1S/C14H26N4/c1-6-14(4)10-18(8-7-15-14)12-9-17(5)16-13(12)11(2)3/h9,11,15H,6-8,10H2,1-5H3. The summed E-state index contributed by atoms with van der Waals surface area (Å²) >= 11 is 0. The third-order valence-corrected chi connectivity index (χ3v) is 3.98. The Hall–Kier alpha value is -1.03. The van der Waals surface area contributed by atoms with Gasteiger partial charge in [-0.2, -0.15) is 5.10 Å². The first-order valence-corrected chi connectivity index (χ1v) is 6.98. The van der Waals surface area contributed by atoms with E-state index >= 15 is 0 Å². The summed E-state index contributed by atoms with van der Waals surface area (Å²) < 4.78 is 1.94.